The summed E-state index contributed by atoms with van der Waals surface area (Å²) in [6, 6.07) is 16.3. The number of esters is 3. The first-order valence-electron chi connectivity index (χ1n) is 9.59. The number of benzene rings is 2. The number of carbonyl (C=O) groups excluding carboxylic acids is 3. The van der Waals surface area contributed by atoms with E-state index in [1.807, 2.05) is 0 Å². The molecular weight excluding hydrogens is 404 g/mol. The van der Waals surface area contributed by atoms with E-state index < -0.39 is 42.3 Å². The fourth-order valence-corrected chi connectivity index (χ4v) is 3.15. The number of rotatable bonds is 6. The molecular formula is C23H22O8. The van der Waals surface area contributed by atoms with Gasteiger partial charge in [-0.2, -0.15) is 0 Å². The fraction of sp³-hybridized carbons (Fsp3) is 0.261. The third-order valence-electron chi connectivity index (χ3n) is 4.66. The third-order valence-corrected chi connectivity index (χ3v) is 4.66. The maximum atomic E-state index is 12.5. The Kier molecular flexibility index (Phi) is 7.17. The number of aliphatic hydroxyl groups is 2. The van der Waals surface area contributed by atoms with Crippen LogP contribution >= 0.6 is 0 Å². The van der Waals surface area contributed by atoms with Crippen LogP contribution in [0.4, 0.5) is 0 Å². The van der Waals surface area contributed by atoms with Crippen LogP contribution in [-0.2, 0) is 19.0 Å². The maximum absolute atomic E-state index is 12.5. The van der Waals surface area contributed by atoms with E-state index in [2.05, 4.69) is 0 Å². The van der Waals surface area contributed by atoms with Gasteiger partial charge in [-0.3, -0.25) is 4.79 Å². The summed E-state index contributed by atoms with van der Waals surface area (Å²) in [5, 5.41) is 20.7. The van der Waals surface area contributed by atoms with Crippen LogP contribution in [0.3, 0.4) is 0 Å². The summed E-state index contributed by atoms with van der Waals surface area (Å²) in [4.78, 5) is 36.4. The van der Waals surface area contributed by atoms with Crippen LogP contribution in [0.25, 0.3) is 0 Å². The Balaban J connectivity index is 1.80. The van der Waals surface area contributed by atoms with Crippen molar-refractivity contribution in [3.8, 4) is 0 Å². The molecule has 31 heavy (non-hydrogen) atoms. The van der Waals surface area contributed by atoms with E-state index in [-0.39, 0.29) is 17.7 Å². The molecule has 0 aliphatic heterocycles. The van der Waals surface area contributed by atoms with E-state index in [0.717, 1.165) is 6.92 Å². The van der Waals surface area contributed by atoms with Gasteiger partial charge in [-0.25, -0.2) is 9.59 Å². The predicted octanol–water partition coefficient (Wildman–Crippen LogP) is 1.66. The van der Waals surface area contributed by atoms with Crippen molar-refractivity contribution >= 4 is 17.9 Å². The summed E-state index contributed by atoms with van der Waals surface area (Å²) in [6.07, 6.45) is -4.39. The highest BCUT2D eigenvalue weighted by Crippen LogP contribution is 2.27. The molecule has 162 valence electrons. The quantitative estimate of drug-likeness (QED) is 0.407. The van der Waals surface area contributed by atoms with Crippen LogP contribution in [0.15, 0.2) is 72.3 Å². The van der Waals surface area contributed by atoms with Crippen LogP contribution in [-0.4, -0.2) is 59.1 Å². The molecule has 0 amide bonds. The van der Waals surface area contributed by atoms with Gasteiger partial charge >= 0.3 is 17.9 Å². The number of hydrogen-bond donors (Lipinski definition) is 2. The molecule has 8 nitrogen and oxygen atoms in total. The molecule has 8 heteroatoms. The molecule has 2 N–H and O–H groups in total. The molecule has 0 radical (unpaired) electrons. The van der Waals surface area contributed by atoms with E-state index in [1.165, 1.54) is 18.2 Å². The van der Waals surface area contributed by atoms with Crippen molar-refractivity contribution in [1.29, 1.82) is 0 Å². The van der Waals surface area contributed by atoms with Gasteiger partial charge in [-0.05, 0) is 30.3 Å². The molecule has 0 spiro atoms. The first-order valence-corrected chi connectivity index (χ1v) is 9.59. The lowest BCUT2D eigenvalue weighted by Gasteiger charge is -2.36. The van der Waals surface area contributed by atoms with Gasteiger partial charge in [0.05, 0.1) is 11.1 Å². The molecule has 0 saturated carbocycles. The van der Waals surface area contributed by atoms with Crippen molar-refractivity contribution in [2.45, 2.75) is 31.3 Å². The lowest BCUT2D eigenvalue weighted by molar-refractivity contribution is -0.160. The monoisotopic (exact) mass is 426 g/mol. The first-order chi connectivity index (χ1) is 14.9. The zero-order chi connectivity index (χ0) is 22.4. The molecule has 2 aromatic carbocycles. The van der Waals surface area contributed by atoms with E-state index in [4.69, 9.17) is 14.2 Å². The maximum Gasteiger partial charge on any atom is 0.338 e. The van der Waals surface area contributed by atoms with Crippen molar-refractivity contribution in [3.05, 3.63) is 83.4 Å². The molecule has 0 fully saturated rings. The molecule has 0 aromatic heterocycles. The van der Waals surface area contributed by atoms with Gasteiger partial charge in [-0.1, -0.05) is 36.4 Å². The van der Waals surface area contributed by atoms with Crippen LogP contribution in [0, 0.1) is 0 Å². The topological polar surface area (TPSA) is 119 Å². The molecule has 1 aliphatic carbocycles. The van der Waals surface area contributed by atoms with Gasteiger partial charge in [0.25, 0.3) is 0 Å². The van der Waals surface area contributed by atoms with E-state index in [9.17, 15) is 24.6 Å². The normalized spacial score (nSPS) is 22.7. The van der Waals surface area contributed by atoms with E-state index in [1.54, 1.807) is 48.5 Å². The molecule has 3 rings (SSSR count). The summed E-state index contributed by atoms with van der Waals surface area (Å²) >= 11 is 0. The van der Waals surface area contributed by atoms with Crippen molar-refractivity contribution in [3.63, 3.8) is 0 Å². The Bertz CT molecular complexity index is 954. The van der Waals surface area contributed by atoms with Crippen LogP contribution in [0.2, 0.25) is 0 Å². The highest BCUT2D eigenvalue weighted by Gasteiger charge is 2.44. The van der Waals surface area contributed by atoms with Gasteiger partial charge in [0.2, 0.25) is 0 Å². The van der Waals surface area contributed by atoms with Crippen LogP contribution in [0.5, 0.6) is 0 Å². The summed E-state index contributed by atoms with van der Waals surface area (Å²) in [5.74, 6) is -2.09. The standard InChI is InChI=1S/C23H22O8/c1-14(24)30-20-17(13-29-22(27)15-8-4-2-5-9-15)12-18(25)19(26)21(20)31-23(28)16-10-6-3-7-11-16/h2-12,18-21,25-26H,13H2,1H3/t18-,19+,20-,21-/m0/s1. The average Bonchev–Trinajstić information content (AvgIpc) is 2.78. The minimum Gasteiger partial charge on any atom is -0.457 e. The summed E-state index contributed by atoms with van der Waals surface area (Å²) in [7, 11) is 0. The fourth-order valence-electron chi connectivity index (χ4n) is 3.15. The molecule has 4 atom stereocenters. The Hall–Kier alpha value is -3.49. The molecule has 0 heterocycles. The second kappa shape index (κ2) is 10.0. The minimum atomic E-state index is -1.55. The third kappa shape index (κ3) is 5.56. The minimum absolute atomic E-state index is 0.183. The number of carbonyl (C=O) groups is 3. The Morgan fingerprint density at radius 1 is 0.839 bits per heavy atom. The smallest absolute Gasteiger partial charge is 0.338 e. The second-order valence-corrected chi connectivity index (χ2v) is 6.93. The van der Waals surface area contributed by atoms with Gasteiger partial charge in [-0.15, -0.1) is 0 Å². The molecule has 1 aliphatic rings. The molecule has 0 saturated heterocycles. The largest absolute Gasteiger partial charge is 0.457 e. The zero-order valence-corrected chi connectivity index (χ0v) is 16.7. The van der Waals surface area contributed by atoms with Crippen molar-refractivity contribution in [2.75, 3.05) is 6.61 Å². The van der Waals surface area contributed by atoms with Crippen LogP contribution in [0.1, 0.15) is 27.6 Å². The van der Waals surface area contributed by atoms with Gasteiger partial charge in [0.15, 0.2) is 12.2 Å². The predicted molar refractivity (Wildman–Crippen MR) is 108 cm³/mol. The van der Waals surface area contributed by atoms with E-state index >= 15 is 0 Å². The summed E-state index contributed by atoms with van der Waals surface area (Å²) in [5.41, 5.74) is 0.719. The van der Waals surface area contributed by atoms with Crippen molar-refractivity contribution in [2.24, 2.45) is 0 Å². The van der Waals surface area contributed by atoms with Crippen molar-refractivity contribution in [1.82, 2.24) is 0 Å². The lowest BCUT2D eigenvalue weighted by Crippen LogP contribution is -2.52. The highest BCUT2D eigenvalue weighted by molar-refractivity contribution is 5.90. The zero-order valence-electron chi connectivity index (χ0n) is 16.7. The highest BCUT2D eigenvalue weighted by atomic mass is 16.6. The molecule has 2 aromatic rings. The molecule has 0 unspecified atom stereocenters. The van der Waals surface area contributed by atoms with Crippen LogP contribution < -0.4 is 0 Å². The Labute approximate surface area is 178 Å². The van der Waals surface area contributed by atoms with Gasteiger partial charge in [0, 0.05) is 12.5 Å². The SMILES string of the molecule is CC(=O)O[C@H]1C(COC(=O)c2ccccc2)=C[C@H](O)[C@@H](O)[C@@H]1OC(=O)c1ccccc1. The lowest BCUT2D eigenvalue weighted by atomic mass is 9.89. The first kappa shape index (κ1) is 22.2. The van der Waals surface area contributed by atoms with Gasteiger partial charge in [0.1, 0.15) is 18.8 Å². The van der Waals surface area contributed by atoms with Gasteiger partial charge < -0.3 is 24.4 Å². The number of aliphatic hydroxyl groups excluding tert-OH is 2. The summed E-state index contributed by atoms with van der Waals surface area (Å²) < 4.78 is 15.9. The molecule has 0 bridgehead atoms. The average molecular weight is 426 g/mol. The summed E-state index contributed by atoms with van der Waals surface area (Å²) in [6.45, 7) is 0.815. The van der Waals surface area contributed by atoms with E-state index in [0.29, 0.717) is 5.56 Å². The number of hydrogen-bond acceptors (Lipinski definition) is 8. The Morgan fingerprint density at radius 2 is 1.39 bits per heavy atom. The number of ether oxygens (including phenoxy) is 3. The van der Waals surface area contributed by atoms with Crippen molar-refractivity contribution < 1.29 is 38.8 Å². The Morgan fingerprint density at radius 3 is 1.94 bits per heavy atom. The second-order valence-electron chi connectivity index (χ2n) is 6.93.